The molecule has 0 aliphatic heterocycles. The number of rotatable bonds is 0. The molecular formula is C5H8O7Zn2. The number of carboxylic acid groups (broad SMARTS) is 4. The van der Waals surface area contributed by atoms with E-state index in [0.29, 0.717) is 0 Å². The van der Waals surface area contributed by atoms with Crippen molar-refractivity contribution in [3.8, 4) is 0 Å². The van der Waals surface area contributed by atoms with Gasteiger partial charge in [-0.3, -0.25) is 9.59 Å². The first-order valence-corrected chi connectivity index (χ1v) is 2.47. The van der Waals surface area contributed by atoms with E-state index in [-0.39, 0.29) is 39.0 Å². The molecule has 0 unspecified atom stereocenters. The summed E-state index contributed by atoms with van der Waals surface area (Å²) >= 11 is 0. The average Bonchev–Trinajstić information content (AvgIpc) is 1.54. The van der Waals surface area contributed by atoms with Gasteiger partial charge in [0.05, 0.1) is 0 Å². The van der Waals surface area contributed by atoms with Crippen LogP contribution in [0.2, 0.25) is 0 Å². The second-order valence-corrected chi connectivity index (χ2v) is 1.29. The molecule has 0 saturated carbocycles. The molecule has 0 amide bonds. The van der Waals surface area contributed by atoms with E-state index in [1.54, 1.807) is 0 Å². The zero-order valence-electron chi connectivity index (χ0n) is 7.85. The summed E-state index contributed by atoms with van der Waals surface area (Å²) in [5.41, 5.74) is 0. The van der Waals surface area contributed by atoms with Crippen molar-refractivity contribution in [2.75, 3.05) is 0 Å². The summed E-state index contributed by atoms with van der Waals surface area (Å²) in [5.74, 6) is -1.67. The first-order chi connectivity index (χ1) is 5.20. The molecule has 7 nitrogen and oxygen atoms in total. The Morgan fingerprint density at radius 1 is 0.929 bits per heavy atom. The Morgan fingerprint density at radius 2 is 0.929 bits per heavy atom. The molecule has 14 heavy (non-hydrogen) atoms. The minimum absolute atomic E-state index is 0. The zero-order valence-corrected chi connectivity index (χ0v) is 13.8. The third-order valence-corrected chi connectivity index (χ3v) is 0. The number of carbonyl (C=O) groups is 3. The van der Waals surface area contributed by atoms with Gasteiger partial charge in [0, 0.05) is 33.3 Å². The molecule has 0 rings (SSSR count). The van der Waals surface area contributed by atoms with Gasteiger partial charge in [0.15, 0.2) is 0 Å². The molecule has 0 radical (unpaired) electrons. The van der Waals surface area contributed by atoms with Crippen LogP contribution in [0.15, 0.2) is 0 Å². The summed E-state index contributed by atoms with van der Waals surface area (Å²) in [4.78, 5) is 26.3. The van der Waals surface area contributed by atoms with Gasteiger partial charge in [0.25, 0.3) is 11.9 Å². The third-order valence-electron chi connectivity index (χ3n) is 0. The van der Waals surface area contributed by atoms with Crippen LogP contribution in [0.3, 0.4) is 0 Å². The molecule has 0 aromatic carbocycles. The number of carbonyl (C=O) groups excluding carboxylic acids is 1. The number of aliphatic carboxylic acids is 2. The van der Waals surface area contributed by atoms with E-state index in [2.05, 4.69) is 0 Å². The maximum atomic E-state index is 9.00. The normalized spacial score (nSPS) is 5.29. The summed E-state index contributed by atoms with van der Waals surface area (Å²) < 4.78 is 0. The molecule has 0 aliphatic carbocycles. The Balaban J connectivity index is -0.0000000270. The van der Waals surface area contributed by atoms with Crippen molar-refractivity contribution in [1.29, 1.82) is 0 Å². The van der Waals surface area contributed by atoms with Crippen molar-refractivity contribution in [3.05, 3.63) is 0 Å². The van der Waals surface area contributed by atoms with Gasteiger partial charge in [-0.05, 0) is 6.16 Å². The van der Waals surface area contributed by atoms with Crippen LogP contribution in [0, 0.1) is 0 Å². The van der Waals surface area contributed by atoms with E-state index in [1.165, 1.54) is 0 Å². The predicted molar refractivity (Wildman–Crippen MR) is 32.0 cm³/mol. The maximum absolute atomic E-state index is 9.00. The molecule has 0 aromatic rings. The summed E-state index contributed by atoms with van der Waals surface area (Å²) in [5, 5.41) is 31.5. The van der Waals surface area contributed by atoms with E-state index in [1.807, 2.05) is 0 Å². The van der Waals surface area contributed by atoms with Crippen LogP contribution in [0.1, 0.15) is 13.8 Å². The van der Waals surface area contributed by atoms with E-state index in [4.69, 9.17) is 34.8 Å². The van der Waals surface area contributed by atoms with Gasteiger partial charge in [-0.15, -0.1) is 0 Å². The molecule has 0 heterocycles. The smallest absolute Gasteiger partial charge is 0.652 e. The van der Waals surface area contributed by atoms with Crippen molar-refractivity contribution >= 4 is 18.1 Å². The van der Waals surface area contributed by atoms with Crippen molar-refractivity contribution < 1.29 is 73.8 Å². The third kappa shape index (κ3) is 4240. The van der Waals surface area contributed by atoms with Gasteiger partial charge < -0.3 is 25.2 Å². The largest absolute Gasteiger partial charge is 2.00 e. The monoisotopic (exact) mass is 308 g/mol. The minimum atomic E-state index is -2.33. The Labute approximate surface area is 106 Å². The first kappa shape index (κ1) is 29.2. The van der Waals surface area contributed by atoms with Gasteiger partial charge >= 0.3 is 19.5 Å². The Bertz CT molecular complexity index is 118. The molecule has 0 aromatic heterocycles. The van der Waals surface area contributed by atoms with E-state index in [0.717, 1.165) is 13.8 Å². The van der Waals surface area contributed by atoms with Crippen molar-refractivity contribution in [2.45, 2.75) is 13.8 Å². The maximum Gasteiger partial charge on any atom is 2.00 e. The SMILES string of the molecule is CC(=O)O.CC(=O)O.O=C([O-])[O-].[Zn+2].[Zn]. The molecule has 2 N–H and O–H groups in total. The molecule has 0 aliphatic rings. The van der Waals surface area contributed by atoms with Crippen LogP contribution >= 0.6 is 0 Å². The molecule has 0 fully saturated rings. The van der Waals surface area contributed by atoms with Gasteiger partial charge in [-0.2, -0.15) is 0 Å². The van der Waals surface area contributed by atoms with Gasteiger partial charge in [0.2, 0.25) is 0 Å². The second kappa shape index (κ2) is 22.9. The van der Waals surface area contributed by atoms with Crippen LogP contribution in [-0.4, -0.2) is 28.3 Å². The number of hydrogen-bond acceptors (Lipinski definition) is 5. The topological polar surface area (TPSA) is 138 Å². The van der Waals surface area contributed by atoms with Crippen LogP contribution in [0.5, 0.6) is 0 Å². The van der Waals surface area contributed by atoms with Crippen molar-refractivity contribution in [1.82, 2.24) is 0 Å². The Hall–Kier alpha value is -0.543. The predicted octanol–water partition coefficient (Wildman–Crippen LogP) is -2.27. The molecule has 0 spiro atoms. The van der Waals surface area contributed by atoms with Crippen LogP contribution in [-0.2, 0) is 48.5 Å². The molecule has 9 heteroatoms. The zero-order chi connectivity index (χ0) is 10.7. The molecule has 0 atom stereocenters. The van der Waals surface area contributed by atoms with Crippen molar-refractivity contribution in [2.24, 2.45) is 0 Å². The van der Waals surface area contributed by atoms with Crippen LogP contribution in [0.4, 0.5) is 4.79 Å². The minimum Gasteiger partial charge on any atom is -0.652 e. The Morgan fingerprint density at radius 3 is 0.929 bits per heavy atom. The fraction of sp³-hybridized carbons (Fsp3) is 0.400. The number of hydrogen-bond donors (Lipinski definition) is 2. The van der Waals surface area contributed by atoms with Gasteiger partial charge in [0.1, 0.15) is 0 Å². The van der Waals surface area contributed by atoms with E-state index >= 15 is 0 Å². The Kier molecular flexibility index (Phi) is 47.7. The van der Waals surface area contributed by atoms with Crippen LogP contribution in [0.25, 0.3) is 0 Å². The summed E-state index contributed by atoms with van der Waals surface area (Å²) in [7, 11) is 0. The van der Waals surface area contributed by atoms with Crippen molar-refractivity contribution in [3.63, 3.8) is 0 Å². The van der Waals surface area contributed by atoms with Crippen LogP contribution < -0.4 is 10.2 Å². The van der Waals surface area contributed by atoms with Gasteiger partial charge in [-0.25, -0.2) is 0 Å². The summed E-state index contributed by atoms with van der Waals surface area (Å²) in [6.45, 7) is 2.17. The number of carboxylic acids is 2. The molecule has 74 valence electrons. The van der Waals surface area contributed by atoms with E-state index < -0.39 is 18.1 Å². The fourth-order valence-electron chi connectivity index (χ4n) is 0. The molecule has 0 saturated heterocycles. The standard InChI is InChI=1S/2C2H4O2.CH2O3.2Zn/c2*1-2(3)4;2-1(3)4;;/h2*1H3,(H,3,4);(H2,2,3,4);;/q;;;;+2/p-2. The fourth-order valence-corrected chi connectivity index (χ4v) is 0. The van der Waals surface area contributed by atoms with E-state index in [9.17, 15) is 0 Å². The molecular weight excluding hydrogens is 303 g/mol. The first-order valence-electron chi connectivity index (χ1n) is 2.47. The summed E-state index contributed by atoms with van der Waals surface area (Å²) in [6, 6.07) is 0. The molecule has 0 bridgehead atoms. The summed E-state index contributed by atoms with van der Waals surface area (Å²) in [6.07, 6.45) is -2.33. The average molecular weight is 311 g/mol. The van der Waals surface area contributed by atoms with Gasteiger partial charge in [-0.1, -0.05) is 0 Å². The second-order valence-electron chi connectivity index (χ2n) is 1.29. The quantitative estimate of drug-likeness (QED) is 0.481.